The van der Waals surface area contributed by atoms with Crippen molar-refractivity contribution in [3.8, 4) is 11.5 Å². The van der Waals surface area contributed by atoms with Gasteiger partial charge in [0, 0.05) is 55.6 Å². The molecular weight excluding hydrogens is 678 g/mol. The van der Waals surface area contributed by atoms with Crippen molar-refractivity contribution in [2.24, 2.45) is 16.8 Å². The van der Waals surface area contributed by atoms with E-state index in [2.05, 4.69) is 10.1 Å². The zero-order chi connectivity index (χ0) is 33.8. The number of phosphoric acid groups is 1. The van der Waals surface area contributed by atoms with E-state index in [-0.39, 0.29) is 64.6 Å². The second-order valence-electron chi connectivity index (χ2n) is 10.3. The molecule has 5 N–H and O–H groups in total. The van der Waals surface area contributed by atoms with Crippen molar-refractivity contribution in [1.82, 2.24) is 9.55 Å². The van der Waals surface area contributed by atoms with Crippen LogP contribution in [0, 0.1) is 5.92 Å². The number of phosphoric ester groups is 1. The number of carbonyl (C=O) groups excluding carboxylic acids is 1. The number of carbonyl (C=O) groups is 1. The number of oxime groups is 1. The fourth-order valence-corrected chi connectivity index (χ4v) is 6.08. The molecule has 0 saturated carbocycles. The van der Waals surface area contributed by atoms with Crippen molar-refractivity contribution in [2.75, 3.05) is 20.3 Å². The Morgan fingerprint density at radius 1 is 1.26 bits per heavy atom. The first-order chi connectivity index (χ1) is 21.7. The van der Waals surface area contributed by atoms with E-state index in [1.165, 1.54) is 26.3 Å². The number of H-pyrrole nitrogens is 1. The fraction of sp³-hybridized carbons (Fsp3) is 0.538. The van der Waals surface area contributed by atoms with Crippen molar-refractivity contribution < 1.29 is 52.2 Å². The number of aromatic amines is 1. The van der Waals surface area contributed by atoms with Crippen LogP contribution in [0.5, 0.6) is 11.5 Å². The van der Waals surface area contributed by atoms with E-state index in [9.17, 15) is 28.9 Å². The zero-order valence-electron chi connectivity index (χ0n) is 24.8. The molecule has 2 aliphatic rings. The number of benzene rings is 1. The third-order valence-electron chi connectivity index (χ3n) is 7.22. The van der Waals surface area contributed by atoms with Crippen LogP contribution in [0.2, 0.25) is 10.0 Å². The lowest BCUT2D eigenvalue weighted by molar-refractivity contribution is -0.171. The number of nitrogens with zero attached hydrogens (tertiary/aromatic N) is 2. The van der Waals surface area contributed by atoms with Gasteiger partial charge in [0.15, 0.2) is 17.6 Å². The van der Waals surface area contributed by atoms with Crippen LogP contribution in [0.4, 0.5) is 0 Å². The number of hydrogen-bond donors (Lipinski definition) is 4. The molecule has 0 bridgehead atoms. The maximum Gasteiger partial charge on any atom is 0.472 e. The zero-order valence-corrected chi connectivity index (χ0v) is 27.2. The number of halogens is 2. The molecule has 1 aromatic carbocycles. The Bertz CT molecular complexity index is 1620. The summed E-state index contributed by atoms with van der Waals surface area (Å²) in [6.07, 6.45) is -1.77. The second-order valence-corrected chi connectivity index (χ2v) is 12.6. The maximum absolute atomic E-state index is 12.8. The number of phenolic OH excluding ortho intramolecular Hbond substituents is 1. The van der Waals surface area contributed by atoms with Crippen LogP contribution in [-0.2, 0) is 44.0 Å². The van der Waals surface area contributed by atoms with Gasteiger partial charge in [0.05, 0.1) is 42.7 Å². The van der Waals surface area contributed by atoms with Gasteiger partial charge in [-0.25, -0.2) is 9.36 Å². The maximum atomic E-state index is 12.8. The summed E-state index contributed by atoms with van der Waals surface area (Å²) in [6, 6.07) is 1.32. The number of aromatic nitrogens is 2. The summed E-state index contributed by atoms with van der Waals surface area (Å²) in [5, 5.41) is 14.0. The van der Waals surface area contributed by atoms with Gasteiger partial charge in [-0.1, -0.05) is 28.4 Å². The van der Waals surface area contributed by atoms with E-state index >= 15 is 0 Å². The van der Waals surface area contributed by atoms with Gasteiger partial charge >= 0.3 is 19.5 Å². The molecule has 5 unspecified atom stereocenters. The lowest BCUT2D eigenvalue weighted by Crippen LogP contribution is -2.35. The van der Waals surface area contributed by atoms with Gasteiger partial charge in [-0.05, 0) is 6.92 Å². The molecule has 3 heterocycles. The number of hydrogen-bond acceptors (Lipinski definition) is 14. The Labute approximate surface area is 271 Å². The highest BCUT2D eigenvalue weighted by Gasteiger charge is 2.41. The number of phenols is 1. The minimum atomic E-state index is -4.66. The fourth-order valence-electron chi connectivity index (χ4n) is 4.76. The highest BCUT2D eigenvalue weighted by atomic mass is 35.5. The number of rotatable bonds is 13. The molecule has 0 spiro atoms. The van der Waals surface area contributed by atoms with Crippen LogP contribution in [0.25, 0.3) is 0 Å². The number of ether oxygens (including phenoxy) is 4. The Morgan fingerprint density at radius 2 is 1.98 bits per heavy atom. The number of methoxy groups -OCH3 is 1. The van der Waals surface area contributed by atoms with Crippen LogP contribution < -0.4 is 21.7 Å². The lowest BCUT2D eigenvalue weighted by Gasteiger charge is -2.20. The molecular formula is C26H33Cl2N4O13P. The van der Waals surface area contributed by atoms with Crippen LogP contribution in [0.1, 0.15) is 44.0 Å². The van der Waals surface area contributed by atoms with Crippen molar-refractivity contribution in [3.05, 3.63) is 54.3 Å². The first-order valence-electron chi connectivity index (χ1n) is 13.8. The van der Waals surface area contributed by atoms with Crippen molar-refractivity contribution in [1.29, 1.82) is 0 Å². The molecule has 7 atom stereocenters. The van der Waals surface area contributed by atoms with Gasteiger partial charge in [-0.3, -0.25) is 28.2 Å². The predicted octanol–water partition coefficient (Wildman–Crippen LogP) is 2.17. The molecule has 2 fully saturated rings. The summed E-state index contributed by atoms with van der Waals surface area (Å²) in [5.41, 5.74) is 4.37. The normalized spacial score (nSPS) is 25.9. The third kappa shape index (κ3) is 8.67. The lowest BCUT2D eigenvalue weighted by atomic mass is 10.0. The van der Waals surface area contributed by atoms with E-state index in [1.807, 2.05) is 0 Å². The van der Waals surface area contributed by atoms with E-state index in [4.69, 9.17) is 61.8 Å². The van der Waals surface area contributed by atoms with Gasteiger partial charge < -0.3 is 39.5 Å². The monoisotopic (exact) mass is 710 g/mol. The Morgan fingerprint density at radius 3 is 2.65 bits per heavy atom. The number of esters is 1. The molecule has 0 radical (unpaired) electrons. The van der Waals surface area contributed by atoms with E-state index in [1.54, 1.807) is 6.92 Å². The quantitative estimate of drug-likeness (QED) is 0.101. The van der Waals surface area contributed by atoms with Crippen LogP contribution >= 0.6 is 31.0 Å². The topological polar surface area (TPSA) is 232 Å². The summed E-state index contributed by atoms with van der Waals surface area (Å²) >= 11 is 12.4. The minimum absolute atomic E-state index is 0.0373. The molecule has 17 nitrogen and oxygen atoms in total. The van der Waals surface area contributed by atoms with Gasteiger partial charge in [0.1, 0.15) is 12.3 Å². The first-order valence-corrected chi connectivity index (χ1v) is 16.1. The van der Waals surface area contributed by atoms with E-state index in [0.29, 0.717) is 0 Å². The summed E-state index contributed by atoms with van der Waals surface area (Å²) in [4.78, 5) is 54.0. The number of aromatic hydroxyl groups is 1. The smallest absolute Gasteiger partial charge is 0.472 e. The molecule has 2 aliphatic heterocycles. The minimum Gasteiger partial charge on any atom is -0.503 e. The Kier molecular flexibility index (Phi) is 11.9. The van der Waals surface area contributed by atoms with Gasteiger partial charge in [-0.15, -0.1) is 0 Å². The van der Waals surface area contributed by atoms with Gasteiger partial charge in [-0.2, -0.15) is 0 Å². The molecule has 0 aliphatic carbocycles. The molecule has 254 valence electrons. The SMILES string of the molecule is COc1cc(Cl)c(/C=N/OC2C[C@H](n3cc(CN)c(=O)[nH]c3=O)O[C@@H]2COP(=O)(O)OCC2CC(OC(C)=O)OC2C)c(Cl)c1O. The van der Waals surface area contributed by atoms with Crippen molar-refractivity contribution in [3.63, 3.8) is 0 Å². The first kappa shape index (κ1) is 35.9. The van der Waals surface area contributed by atoms with E-state index < -0.39 is 62.5 Å². The Hall–Kier alpha value is -2.99. The standard InChI is InChI=1S/C26H33Cl2N4O13P/c1-12-14(4-22(42-12)43-13(2)33)10-40-46(37,38)41-11-20-18(6-21(44-20)32-9-15(7-29)25(35)31-26(32)36)45-30-8-16-17(27)5-19(39-3)24(34)23(16)28/h5,8-9,12,14,18,20-22,34H,4,6-7,10-11,29H2,1-3H3,(H,37,38)(H,31,35,36)/b30-8+/t12?,14?,18?,20-,21-,22?/m1/s1. The Balaban J connectivity index is 1.48. The number of nitrogens with one attached hydrogen (secondary N) is 1. The number of nitrogens with two attached hydrogens (primary N) is 1. The van der Waals surface area contributed by atoms with Gasteiger partial charge in [0.25, 0.3) is 5.56 Å². The molecule has 1 aromatic heterocycles. The highest BCUT2D eigenvalue weighted by Crippen LogP contribution is 2.46. The predicted molar refractivity (Wildman–Crippen MR) is 161 cm³/mol. The molecule has 2 saturated heterocycles. The summed E-state index contributed by atoms with van der Waals surface area (Å²) in [7, 11) is -3.34. The van der Waals surface area contributed by atoms with Crippen molar-refractivity contribution in [2.45, 2.75) is 64.1 Å². The van der Waals surface area contributed by atoms with Crippen molar-refractivity contribution >= 4 is 43.2 Å². The second kappa shape index (κ2) is 15.3. The van der Waals surface area contributed by atoms with Crippen LogP contribution in [-0.4, -0.2) is 76.7 Å². The summed E-state index contributed by atoms with van der Waals surface area (Å²) < 4.78 is 45.7. The van der Waals surface area contributed by atoms with Crippen LogP contribution in [0.3, 0.4) is 0 Å². The molecule has 0 amide bonds. The summed E-state index contributed by atoms with van der Waals surface area (Å²) in [5.74, 6) is -1.23. The van der Waals surface area contributed by atoms with Gasteiger partial charge in [0.2, 0.25) is 6.29 Å². The average Bonchev–Trinajstić information content (AvgIpc) is 3.56. The molecule has 2 aromatic rings. The van der Waals surface area contributed by atoms with Crippen LogP contribution in [0.15, 0.2) is 27.0 Å². The average molecular weight is 711 g/mol. The van der Waals surface area contributed by atoms with E-state index in [0.717, 1.165) is 10.8 Å². The molecule has 4 rings (SSSR count). The third-order valence-corrected chi connectivity index (χ3v) is 8.87. The molecule has 20 heteroatoms. The molecule has 46 heavy (non-hydrogen) atoms. The highest BCUT2D eigenvalue weighted by molar-refractivity contribution is 7.47. The largest absolute Gasteiger partial charge is 0.503 e. The summed E-state index contributed by atoms with van der Waals surface area (Å²) in [6.45, 7) is 2.00.